The summed E-state index contributed by atoms with van der Waals surface area (Å²) in [6, 6.07) is 9.12. The van der Waals surface area contributed by atoms with E-state index in [4.69, 9.17) is 0 Å². The van der Waals surface area contributed by atoms with Gasteiger partial charge in [0, 0.05) is 22.7 Å². The van der Waals surface area contributed by atoms with Gasteiger partial charge in [-0.15, -0.1) is 11.8 Å². The van der Waals surface area contributed by atoms with Crippen molar-refractivity contribution in [2.45, 2.75) is 54.4 Å². The fourth-order valence-corrected chi connectivity index (χ4v) is 4.81. The van der Waals surface area contributed by atoms with Crippen molar-refractivity contribution in [3.05, 3.63) is 29.8 Å². The second kappa shape index (κ2) is 5.86. The Labute approximate surface area is 120 Å². The molecular weight excluding hydrogens is 254 g/mol. The van der Waals surface area contributed by atoms with Gasteiger partial charge in [0.2, 0.25) is 0 Å². The Balaban J connectivity index is 1.58. The highest BCUT2D eigenvalue weighted by molar-refractivity contribution is 8.00. The lowest BCUT2D eigenvalue weighted by Gasteiger charge is -2.36. The van der Waals surface area contributed by atoms with Crippen molar-refractivity contribution in [2.75, 3.05) is 13.6 Å². The van der Waals surface area contributed by atoms with Crippen molar-refractivity contribution in [3.63, 3.8) is 0 Å². The average Bonchev–Trinajstić information content (AvgIpc) is 2.81. The molecule has 0 bridgehead atoms. The molecule has 3 heteroatoms. The zero-order chi connectivity index (χ0) is 13.2. The van der Waals surface area contributed by atoms with E-state index in [1.54, 1.807) is 0 Å². The summed E-state index contributed by atoms with van der Waals surface area (Å²) in [6.07, 6.45) is 5.65. The smallest absolute Gasteiger partial charge is 0.0695 e. The first-order valence-electron chi connectivity index (χ1n) is 7.37. The summed E-state index contributed by atoms with van der Waals surface area (Å²) in [5.41, 5.74) is 1.50. The van der Waals surface area contributed by atoms with Gasteiger partial charge in [-0.3, -0.25) is 4.90 Å². The highest BCUT2D eigenvalue weighted by Crippen LogP contribution is 2.37. The SMILES string of the molecule is CN(CC1Cc2ccccc2S1)C1CCCCC1O. The lowest BCUT2D eigenvalue weighted by molar-refractivity contribution is 0.0326. The van der Waals surface area contributed by atoms with E-state index in [-0.39, 0.29) is 6.10 Å². The van der Waals surface area contributed by atoms with Crippen LogP contribution in [0.5, 0.6) is 0 Å². The van der Waals surface area contributed by atoms with E-state index >= 15 is 0 Å². The van der Waals surface area contributed by atoms with E-state index in [1.165, 1.54) is 29.7 Å². The lowest BCUT2D eigenvalue weighted by atomic mass is 9.91. The number of benzene rings is 1. The molecule has 3 rings (SSSR count). The van der Waals surface area contributed by atoms with Crippen LogP contribution in [0.15, 0.2) is 29.2 Å². The Morgan fingerprint density at radius 1 is 1.26 bits per heavy atom. The standard InChI is InChI=1S/C16H23NOS/c1-17(14-7-3-4-8-15(14)18)11-13-10-12-6-2-5-9-16(12)19-13/h2,5-6,9,13-15,18H,3-4,7-8,10-11H2,1H3. The van der Waals surface area contributed by atoms with Crippen molar-refractivity contribution < 1.29 is 5.11 Å². The molecule has 3 atom stereocenters. The van der Waals surface area contributed by atoms with Crippen LogP contribution in [-0.2, 0) is 6.42 Å². The molecule has 1 aromatic rings. The summed E-state index contributed by atoms with van der Waals surface area (Å²) in [5, 5.41) is 10.8. The third-order valence-electron chi connectivity index (χ3n) is 4.47. The second-order valence-electron chi connectivity index (χ2n) is 5.91. The first kappa shape index (κ1) is 13.5. The van der Waals surface area contributed by atoms with Gasteiger partial charge in [-0.2, -0.15) is 0 Å². The molecule has 0 saturated heterocycles. The van der Waals surface area contributed by atoms with Crippen LogP contribution in [0.2, 0.25) is 0 Å². The predicted molar refractivity (Wildman–Crippen MR) is 80.7 cm³/mol. The van der Waals surface area contributed by atoms with E-state index in [1.807, 2.05) is 11.8 Å². The summed E-state index contributed by atoms with van der Waals surface area (Å²) >= 11 is 2.01. The molecular formula is C16H23NOS. The van der Waals surface area contributed by atoms with E-state index in [9.17, 15) is 5.11 Å². The number of fused-ring (bicyclic) bond motifs is 1. The van der Waals surface area contributed by atoms with Crippen molar-refractivity contribution in [3.8, 4) is 0 Å². The molecule has 104 valence electrons. The molecule has 2 aliphatic rings. The fraction of sp³-hybridized carbons (Fsp3) is 0.625. The van der Waals surface area contributed by atoms with Gasteiger partial charge in [0.1, 0.15) is 0 Å². The summed E-state index contributed by atoms with van der Waals surface area (Å²) in [6.45, 7) is 1.08. The highest BCUT2D eigenvalue weighted by Gasteiger charge is 2.30. The van der Waals surface area contributed by atoms with Gasteiger partial charge in [-0.1, -0.05) is 31.0 Å². The molecule has 19 heavy (non-hydrogen) atoms. The van der Waals surface area contributed by atoms with Crippen LogP contribution in [0.25, 0.3) is 0 Å². The van der Waals surface area contributed by atoms with Crippen molar-refractivity contribution in [1.82, 2.24) is 4.90 Å². The second-order valence-corrected chi connectivity index (χ2v) is 7.25. The van der Waals surface area contributed by atoms with Gasteiger partial charge in [-0.05, 0) is 37.9 Å². The molecule has 1 saturated carbocycles. The molecule has 3 unspecified atom stereocenters. The molecule has 0 radical (unpaired) electrons. The number of thioether (sulfide) groups is 1. The van der Waals surface area contributed by atoms with Crippen molar-refractivity contribution >= 4 is 11.8 Å². The largest absolute Gasteiger partial charge is 0.391 e. The van der Waals surface area contributed by atoms with Gasteiger partial charge in [0.15, 0.2) is 0 Å². The molecule has 0 amide bonds. The molecule has 0 spiro atoms. The summed E-state index contributed by atoms with van der Waals surface area (Å²) in [7, 11) is 2.18. The summed E-state index contributed by atoms with van der Waals surface area (Å²) in [5.74, 6) is 0. The zero-order valence-corrected chi connectivity index (χ0v) is 12.4. The predicted octanol–water partition coefficient (Wildman–Crippen LogP) is 2.94. The minimum Gasteiger partial charge on any atom is -0.391 e. The molecule has 1 aliphatic heterocycles. The van der Waals surface area contributed by atoms with Crippen LogP contribution < -0.4 is 0 Å². The van der Waals surface area contributed by atoms with Crippen LogP contribution in [-0.4, -0.2) is 41.0 Å². The van der Waals surface area contributed by atoms with Crippen LogP contribution in [0, 0.1) is 0 Å². The molecule has 1 fully saturated rings. The van der Waals surface area contributed by atoms with E-state index in [0.29, 0.717) is 11.3 Å². The van der Waals surface area contributed by atoms with E-state index < -0.39 is 0 Å². The molecule has 1 aliphatic carbocycles. The fourth-order valence-electron chi connectivity index (χ4n) is 3.42. The third kappa shape index (κ3) is 2.99. The number of hydrogen-bond acceptors (Lipinski definition) is 3. The number of likely N-dealkylation sites (N-methyl/N-ethyl adjacent to an activating group) is 1. The number of aliphatic hydroxyl groups is 1. The Kier molecular flexibility index (Phi) is 4.15. The van der Waals surface area contributed by atoms with Gasteiger partial charge < -0.3 is 5.11 Å². The first-order chi connectivity index (χ1) is 9.24. The maximum Gasteiger partial charge on any atom is 0.0695 e. The van der Waals surface area contributed by atoms with Crippen molar-refractivity contribution in [1.29, 1.82) is 0 Å². The summed E-state index contributed by atoms with van der Waals surface area (Å²) in [4.78, 5) is 3.85. The minimum absolute atomic E-state index is 0.118. The third-order valence-corrected chi connectivity index (χ3v) is 5.77. The Morgan fingerprint density at radius 3 is 2.84 bits per heavy atom. The molecule has 1 aromatic carbocycles. The molecule has 1 N–H and O–H groups in total. The minimum atomic E-state index is -0.118. The number of hydrogen-bond donors (Lipinski definition) is 1. The van der Waals surface area contributed by atoms with Gasteiger partial charge in [0.05, 0.1) is 6.10 Å². The topological polar surface area (TPSA) is 23.5 Å². The number of rotatable bonds is 3. The van der Waals surface area contributed by atoms with Crippen LogP contribution >= 0.6 is 11.8 Å². The quantitative estimate of drug-likeness (QED) is 0.919. The summed E-state index contributed by atoms with van der Waals surface area (Å²) < 4.78 is 0. The highest BCUT2D eigenvalue weighted by atomic mass is 32.2. The lowest BCUT2D eigenvalue weighted by Crippen LogP contribution is -2.45. The molecule has 0 aromatic heterocycles. The van der Waals surface area contributed by atoms with Gasteiger partial charge in [0.25, 0.3) is 0 Å². The van der Waals surface area contributed by atoms with E-state index in [2.05, 4.69) is 36.2 Å². The first-order valence-corrected chi connectivity index (χ1v) is 8.25. The number of nitrogens with zero attached hydrogens (tertiary/aromatic N) is 1. The molecule has 1 heterocycles. The Hall–Kier alpha value is -0.510. The molecule has 2 nitrogen and oxygen atoms in total. The van der Waals surface area contributed by atoms with Crippen LogP contribution in [0.3, 0.4) is 0 Å². The zero-order valence-electron chi connectivity index (χ0n) is 11.6. The maximum atomic E-state index is 10.1. The Morgan fingerprint density at radius 2 is 2.05 bits per heavy atom. The van der Waals surface area contributed by atoms with Crippen LogP contribution in [0.4, 0.5) is 0 Å². The monoisotopic (exact) mass is 277 g/mol. The van der Waals surface area contributed by atoms with Crippen LogP contribution in [0.1, 0.15) is 31.2 Å². The average molecular weight is 277 g/mol. The van der Waals surface area contributed by atoms with Gasteiger partial charge >= 0.3 is 0 Å². The normalized spacial score (nSPS) is 30.6. The number of aliphatic hydroxyl groups excluding tert-OH is 1. The van der Waals surface area contributed by atoms with E-state index in [0.717, 1.165) is 19.4 Å². The van der Waals surface area contributed by atoms with Crippen molar-refractivity contribution in [2.24, 2.45) is 0 Å². The Bertz CT molecular complexity index is 412. The van der Waals surface area contributed by atoms with Gasteiger partial charge in [-0.25, -0.2) is 0 Å². The maximum absolute atomic E-state index is 10.1.